The molecule has 0 saturated heterocycles. The van der Waals surface area contributed by atoms with Gasteiger partial charge in [-0.05, 0) is 56.2 Å². The van der Waals surface area contributed by atoms with Crippen LogP contribution in [0.25, 0.3) is 0 Å². The molecule has 0 aliphatic carbocycles. The normalized spacial score (nSPS) is 16.8. The maximum Gasteiger partial charge on any atom is 0.255 e. The van der Waals surface area contributed by atoms with Crippen LogP contribution < -0.4 is 16.0 Å². The molecule has 134 valence electrons. The molecule has 0 spiro atoms. The predicted molar refractivity (Wildman–Crippen MR) is 110 cm³/mol. The van der Waals surface area contributed by atoms with E-state index in [1.165, 1.54) is 0 Å². The molecule has 1 atom stereocenters. The van der Waals surface area contributed by atoms with Gasteiger partial charge in [-0.3, -0.25) is 4.79 Å². The Balaban J connectivity index is 1.96. The Hall–Kier alpha value is -2.37. The van der Waals surface area contributed by atoms with E-state index in [9.17, 15) is 4.79 Å². The van der Waals surface area contributed by atoms with Crippen LogP contribution in [-0.2, 0) is 4.79 Å². The third kappa shape index (κ3) is 3.74. The van der Waals surface area contributed by atoms with Crippen LogP contribution in [-0.4, -0.2) is 11.0 Å². The van der Waals surface area contributed by atoms with Gasteiger partial charge in [0.1, 0.15) is 0 Å². The van der Waals surface area contributed by atoms with E-state index < -0.39 is 0 Å². The van der Waals surface area contributed by atoms with Crippen molar-refractivity contribution in [3.05, 3.63) is 75.4 Å². The lowest BCUT2D eigenvalue weighted by atomic mass is 9.94. The van der Waals surface area contributed by atoms with Crippen molar-refractivity contribution in [1.29, 1.82) is 0 Å². The van der Waals surface area contributed by atoms with Gasteiger partial charge in [0.25, 0.3) is 5.91 Å². The number of benzene rings is 2. The summed E-state index contributed by atoms with van der Waals surface area (Å²) in [5, 5.41) is 10.3. The van der Waals surface area contributed by atoms with Gasteiger partial charge in [0.15, 0.2) is 5.11 Å². The Labute approximate surface area is 163 Å². The Morgan fingerprint density at radius 2 is 1.81 bits per heavy atom. The van der Waals surface area contributed by atoms with Crippen molar-refractivity contribution in [3.63, 3.8) is 0 Å². The topological polar surface area (TPSA) is 53.2 Å². The number of carbonyl (C=O) groups is 1. The monoisotopic (exact) mass is 385 g/mol. The second-order valence-electron chi connectivity index (χ2n) is 6.35. The molecule has 2 aromatic rings. The van der Waals surface area contributed by atoms with Crippen molar-refractivity contribution in [2.45, 2.75) is 26.8 Å². The number of amides is 1. The minimum absolute atomic E-state index is 0.194. The highest BCUT2D eigenvalue weighted by Gasteiger charge is 2.30. The highest BCUT2D eigenvalue weighted by atomic mass is 35.5. The van der Waals surface area contributed by atoms with Crippen molar-refractivity contribution >= 4 is 40.5 Å². The molecular formula is C20H20ClN3OS. The number of nitrogens with one attached hydrogen (secondary N) is 3. The third-order valence-corrected chi connectivity index (χ3v) is 5.07. The van der Waals surface area contributed by atoms with Crippen LogP contribution >= 0.6 is 23.8 Å². The largest absolute Gasteiger partial charge is 0.351 e. The predicted octanol–water partition coefficient (Wildman–Crippen LogP) is 4.39. The fourth-order valence-electron chi connectivity index (χ4n) is 2.94. The second-order valence-corrected chi connectivity index (χ2v) is 7.16. The Morgan fingerprint density at radius 3 is 2.50 bits per heavy atom. The molecule has 1 heterocycles. The number of hydrogen-bond donors (Lipinski definition) is 3. The minimum Gasteiger partial charge on any atom is -0.351 e. The number of rotatable bonds is 3. The SMILES string of the molecule is CC1=C(C(=O)Nc2cccc(Cl)c2C)[C@H](c2ccc(C)cc2)NC(=S)N1. The van der Waals surface area contributed by atoms with Crippen LogP contribution in [0.4, 0.5) is 5.69 Å². The van der Waals surface area contributed by atoms with Crippen molar-refractivity contribution < 1.29 is 4.79 Å². The Morgan fingerprint density at radius 1 is 1.12 bits per heavy atom. The molecule has 3 rings (SSSR count). The van der Waals surface area contributed by atoms with Crippen LogP contribution in [0.1, 0.15) is 29.7 Å². The van der Waals surface area contributed by atoms with Crippen molar-refractivity contribution in [2.75, 3.05) is 5.32 Å². The lowest BCUT2D eigenvalue weighted by molar-refractivity contribution is -0.113. The summed E-state index contributed by atoms with van der Waals surface area (Å²) in [7, 11) is 0. The van der Waals surface area contributed by atoms with Gasteiger partial charge < -0.3 is 16.0 Å². The molecule has 0 aromatic heterocycles. The summed E-state index contributed by atoms with van der Waals surface area (Å²) in [6, 6.07) is 13.2. The highest BCUT2D eigenvalue weighted by molar-refractivity contribution is 7.80. The minimum atomic E-state index is -0.316. The summed E-state index contributed by atoms with van der Waals surface area (Å²) in [6.07, 6.45) is 0. The molecule has 0 radical (unpaired) electrons. The van der Waals surface area contributed by atoms with Crippen LogP contribution in [0.2, 0.25) is 5.02 Å². The lowest BCUT2D eigenvalue weighted by Crippen LogP contribution is -2.45. The van der Waals surface area contributed by atoms with Gasteiger partial charge in [-0.25, -0.2) is 0 Å². The van der Waals surface area contributed by atoms with Crippen molar-refractivity contribution in [2.24, 2.45) is 0 Å². The van der Waals surface area contributed by atoms with Gasteiger partial charge in [0.2, 0.25) is 0 Å². The maximum atomic E-state index is 13.1. The summed E-state index contributed by atoms with van der Waals surface area (Å²) in [6.45, 7) is 5.76. The number of aryl methyl sites for hydroxylation is 1. The van der Waals surface area contributed by atoms with Gasteiger partial charge >= 0.3 is 0 Å². The van der Waals surface area contributed by atoms with E-state index in [4.69, 9.17) is 23.8 Å². The van der Waals surface area contributed by atoms with E-state index in [1.54, 1.807) is 6.07 Å². The number of halogens is 1. The van der Waals surface area contributed by atoms with Gasteiger partial charge in [-0.15, -0.1) is 0 Å². The van der Waals surface area contributed by atoms with Crippen molar-refractivity contribution in [1.82, 2.24) is 10.6 Å². The summed E-state index contributed by atoms with van der Waals surface area (Å²) in [5.74, 6) is -0.194. The number of allylic oxidation sites excluding steroid dienone is 1. The zero-order valence-electron chi connectivity index (χ0n) is 14.8. The first-order valence-corrected chi connectivity index (χ1v) is 9.06. The third-order valence-electron chi connectivity index (χ3n) is 4.44. The first-order chi connectivity index (χ1) is 12.4. The Bertz CT molecular complexity index is 906. The molecule has 0 bridgehead atoms. The van der Waals surface area contributed by atoms with E-state index in [-0.39, 0.29) is 11.9 Å². The average molecular weight is 386 g/mol. The highest BCUT2D eigenvalue weighted by Crippen LogP contribution is 2.29. The van der Waals surface area contributed by atoms with Crippen LogP contribution in [0, 0.1) is 13.8 Å². The van der Waals surface area contributed by atoms with Gasteiger partial charge in [0.05, 0.1) is 11.6 Å². The summed E-state index contributed by atoms with van der Waals surface area (Å²) >= 11 is 11.5. The van der Waals surface area contributed by atoms with Gasteiger partial charge in [-0.2, -0.15) is 0 Å². The fraction of sp³-hybridized carbons (Fsp3) is 0.200. The van der Waals surface area contributed by atoms with Crippen LogP contribution in [0.15, 0.2) is 53.7 Å². The molecule has 1 aliphatic heterocycles. The van der Waals surface area contributed by atoms with Gasteiger partial charge in [0, 0.05) is 16.4 Å². The smallest absolute Gasteiger partial charge is 0.255 e. The zero-order chi connectivity index (χ0) is 18.8. The molecule has 2 aromatic carbocycles. The molecule has 1 aliphatic rings. The average Bonchev–Trinajstić information content (AvgIpc) is 2.59. The summed E-state index contributed by atoms with van der Waals surface area (Å²) < 4.78 is 0. The molecular weight excluding hydrogens is 366 g/mol. The number of anilines is 1. The molecule has 0 fully saturated rings. The molecule has 4 nitrogen and oxygen atoms in total. The maximum absolute atomic E-state index is 13.1. The van der Waals surface area contributed by atoms with E-state index in [2.05, 4.69) is 16.0 Å². The number of thiocarbonyl (C=S) groups is 1. The molecule has 6 heteroatoms. The lowest BCUT2D eigenvalue weighted by Gasteiger charge is -2.30. The Kier molecular flexibility index (Phi) is 5.30. The van der Waals surface area contributed by atoms with Crippen molar-refractivity contribution in [3.8, 4) is 0 Å². The molecule has 1 amide bonds. The standard InChI is InChI=1S/C20H20ClN3OS/c1-11-7-9-14(10-8-11)18-17(13(3)22-20(26)24-18)19(25)23-16-6-4-5-15(21)12(16)2/h4-10,18H,1-3H3,(H,23,25)(H2,22,24,26)/t18-/m0/s1. The summed E-state index contributed by atoms with van der Waals surface area (Å²) in [4.78, 5) is 13.1. The van der Waals surface area contributed by atoms with Crippen LogP contribution in [0.5, 0.6) is 0 Å². The van der Waals surface area contributed by atoms with Crippen LogP contribution in [0.3, 0.4) is 0 Å². The van der Waals surface area contributed by atoms with E-state index in [0.717, 1.165) is 22.4 Å². The molecule has 0 saturated carbocycles. The first-order valence-electron chi connectivity index (χ1n) is 8.28. The number of hydrogen-bond acceptors (Lipinski definition) is 2. The molecule has 0 unspecified atom stereocenters. The second kappa shape index (κ2) is 7.48. The summed E-state index contributed by atoms with van der Waals surface area (Å²) in [5.41, 5.74) is 5.00. The zero-order valence-corrected chi connectivity index (χ0v) is 16.4. The molecule has 26 heavy (non-hydrogen) atoms. The quantitative estimate of drug-likeness (QED) is 0.686. The van der Waals surface area contributed by atoms with Gasteiger partial charge in [-0.1, -0.05) is 47.5 Å². The number of carbonyl (C=O) groups excluding carboxylic acids is 1. The molecule has 3 N–H and O–H groups in total. The fourth-order valence-corrected chi connectivity index (χ4v) is 3.38. The first kappa shape index (κ1) is 18.4. The van der Waals surface area contributed by atoms with E-state index >= 15 is 0 Å². The van der Waals surface area contributed by atoms with E-state index in [0.29, 0.717) is 21.4 Å². The van der Waals surface area contributed by atoms with E-state index in [1.807, 2.05) is 57.2 Å².